The Kier molecular flexibility index (Phi) is 12.9. The van der Waals surface area contributed by atoms with Crippen LogP contribution in [0.5, 0.6) is 5.75 Å². The van der Waals surface area contributed by atoms with Crippen LogP contribution in [0, 0.1) is 5.92 Å². The monoisotopic (exact) mass is 574 g/mol. The number of nitrogens with one attached hydrogen (secondary N) is 2. The van der Waals surface area contributed by atoms with Crippen LogP contribution < -0.4 is 15.4 Å². The summed E-state index contributed by atoms with van der Waals surface area (Å²) in [6.45, 7) is 7.62. The lowest BCUT2D eigenvalue weighted by Crippen LogP contribution is -2.38. The standard InChI is InChI=1S/C23H34N4O3S.HI/c1-3-24-23(25-11-4-12-30-16-18-9-13-29-14-10-18)26-15-20-17-31-22(27-20)19-5-7-21(28-2)8-6-19;/h5-8,17-18H,3-4,9-16H2,1-2H3,(H2,24,25,26);1H. The first kappa shape index (κ1) is 26.8. The molecule has 7 nitrogen and oxygen atoms in total. The number of hydrogen-bond acceptors (Lipinski definition) is 6. The molecule has 1 aromatic heterocycles. The van der Waals surface area contributed by atoms with E-state index in [4.69, 9.17) is 19.2 Å². The maximum Gasteiger partial charge on any atom is 0.191 e. The molecule has 1 saturated heterocycles. The fraction of sp³-hybridized carbons (Fsp3) is 0.565. The zero-order valence-corrected chi connectivity index (χ0v) is 22.1. The molecule has 0 saturated carbocycles. The van der Waals surface area contributed by atoms with Crippen LogP contribution in [0.2, 0.25) is 0 Å². The average molecular weight is 575 g/mol. The molecule has 0 amide bonds. The highest BCUT2D eigenvalue weighted by molar-refractivity contribution is 14.0. The fourth-order valence-electron chi connectivity index (χ4n) is 3.29. The first-order valence-electron chi connectivity index (χ1n) is 11.0. The lowest BCUT2D eigenvalue weighted by Gasteiger charge is -2.21. The van der Waals surface area contributed by atoms with Gasteiger partial charge in [0.05, 0.1) is 19.3 Å². The summed E-state index contributed by atoms with van der Waals surface area (Å²) in [6.07, 6.45) is 3.19. The molecule has 0 bridgehead atoms. The van der Waals surface area contributed by atoms with Crippen molar-refractivity contribution in [2.24, 2.45) is 10.9 Å². The third kappa shape index (κ3) is 9.21. The molecule has 0 spiro atoms. The van der Waals surface area contributed by atoms with Gasteiger partial charge in [-0.1, -0.05) is 0 Å². The van der Waals surface area contributed by atoms with Gasteiger partial charge >= 0.3 is 0 Å². The molecule has 32 heavy (non-hydrogen) atoms. The predicted molar refractivity (Wildman–Crippen MR) is 141 cm³/mol. The lowest BCUT2D eigenvalue weighted by atomic mass is 10.0. The first-order chi connectivity index (χ1) is 15.3. The van der Waals surface area contributed by atoms with Gasteiger partial charge in [0.15, 0.2) is 5.96 Å². The van der Waals surface area contributed by atoms with Crippen LogP contribution in [-0.2, 0) is 16.0 Å². The van der Waals surface area contributed by atoms with E-state index in [1.165, 1.54) is 0 Å². The number of aromatic nitrogens is 1. The predicted octanol–water partition coefficient (Wildman–Crippen LogP) is 4.33. The minimum atomic E-state index is 0. The second kappa shape index (κ2) is 15.4. The topological polar surface area (TPSA) is 77.0 Å². The second-order valence-corrected chi connectivity index (χ2v) is 8.34. The van der Waals surface area contributed by atoms with Gasteiger partial charge in [-0.25, -0.2) is 9.98 Å². The molecule has 0 unspecified atom stereocenters. The van der Waals surface area contributed by atoms with E-state index < -0.39 is 0 Å². The Morgan fingerprint density at radius 3 is 2.72 bits per heavy atom. The summed E-state index contributed by atoms with van der Waals surface area (Å²) in [4.78, 5) is 9.39. The quantitative estimate of drug-likeness (QED) is 0.180. The molecule has 2 N–H and O–H groups in total. The summed E-state index contributed by atoms with van der Waals surface area (Å²) in [6, 6.07) is 7.96. The molecule has 1 aromatic carbocycles. The van der Waals surface area contributed by atoms with E-state index in [-0.39, 0.29) is 24.0 Å². The summed E-state index contributed by atoms with van der Waals surface area (Å²) >= 11 is 1.63. The summed E-state index contributed by atoms with van der Waals surface area (Å²) in [5.41, 5.74) is 2.06. The maximum atomic E-state index is 5.83. The molecule has 0 atom stereocenters. The van der Waals surface area contributed by atoms with Crippen molar-refractivity contribution in [3.05, 3.63) is 35.3 Å². The highest BCUT2D eigenvalue weighted by Gasteiger charge is 2.13. The normalized spacial score (nSPS) is 14.6. The minimum Gasteiger partial charge on any atom is -0.497 e. The van der Waals surface area contributed by atoms with Gasteiger partial charge in [0.1, 0.15) is 10.8 Å². The summed E-state index contributed by atoms with van der Waals surface area (Å²) in [7, 11) is 1.67. The van der Waals surface area contributed by atoms with Gasteiger partial charge in [-0.05, 0) is 56.4 Å². The summed E-state index contributed by atoms with van der Waals surface area (Å²) in [5.74, 6) is 2.31. The van der Waals surface area contributed by atoms with Crippen molar-refractivity contribution in [2.45, 2.75) is 32.7 Å². The van der Waals surface area contributed by atoms with Gasteiger partial charge in [0, 0.05) is 50.5 Å². The number of hydrogen-bond donors (Lipinski definition) is 2. The number of aliphatic imine (C=N–C) groups is 1. The third-order valence-corrected chi connectivity index (χ3v) is 6.02. The molecular weight excluding hydrogens is 539 g/mol. The molecule has 2 aromatic rings. The SMILES string of the molecule is CCNC(=NCc1csc(-c2ccc(OC)cc2)n1)NCCCOCC1CCOCC1.I. The maximum absolute atomic E-state index is 5.83. The number of methoxy groups -OCH3 is 1. The van der Waals surface area contributed by atoms with Crippen LogP contribution in [0.4, 0.5) is 0 Å². The van der Waals surface area contributed by atoms with E-state index in [9.17, 15) is 0 Å². The molecule has 2 heterocycles. The molecule has 178 valence electrons. The summed E-state index contributed by atoms with van der Waals surface area (Å²) < 4.78 is 16.4. The Morgan fingerprint density at radius 2 is 2.00 bits per heavy atom. The second-order valence-electron chi connectivity index (χ2n) is 7.48. The molecule has 1 fully saturated rings. The minimum absolute atomic E-state index is 0. The zero-order chi connectivity index (χ0) is 21.7. The molecule has 3 rings (SSSR count). The Morgan fingerprint density at radius 1 is 1.22 bits per heavy atom. The molecular formula is C23H35IN4O3S. The van der Waals surface area contributed by atoms with Crippen molar-refractivity contribution in [2.75, 3.05) is 46.6 Å². The van der Waals surface area contributed by atoms with Gasteiger partial charge in [-0.15, -0.1) is 35.3 Å². The number of benzene rings is 1. The van der Waals surface area contributed by atoms with Crippen LogP contribution in [0.3, 0.4) is 0 Å². The lowest BCUT2D eigenvalue weighted by molar-refractivity contribution is 0.0203. The average Bonchev–Trinajstić information content (AvgIpc) is 3.29. The number of ether oxygens (including phenoxy) is 3. The van der Waals surface area contributed by atoms with E-state index in [1.54, 1.807) is 18.4 Å². The number of thiazole rings is 1. The first-order valence-corrected chi connectivity index (χ1v) is 11.9. The molecule has 1 aliphatic rings. The van der Waals surface area contributed by atoms with Crippen molar-refractivity contribution in [3.63, 3.8) is 0 Å². The van der Waals surface area contributed by atoms with E-state index >= 15 is 0 Å². The van der Waals surface area contributed by atoms with Gasteiger partial charge in [0.2, 0.25) is 0 Å². The van der Waals surface area contributed by atoms with Gasteiger partial charge in [-0.3, -0.25) is 0 Å². The number of rotatable bonds is 11. The molecule has 9 heteroatoms. The van der Waals surface area contributed by atoms with Gasteiger partial charge in [0.25, 0.3) is 0 Å². The smallest absolute Gasteiger partial charge is 0.191 e. The Hall–Kier alpha value is -1.43. The van der Waals surface area contributed by atoms with E-state index in [0.29, 0.717) is 12.5 Å². The zero-order valence-electron chi connectivity index (χ0n) is 19.0. The van der Waals surface area contributed by atoms with Crippen molar-refractivity contribution >= 4 is 41.3 Å². The van der Waals surface area contributed by atoms with Crippen LogP contribution in [0.25, 0.3) is 10.6 Å². The van der Waals surface area contributed by atoms with Crippen molar-refractivity contribution in [1.29, 1.82) is 0 Å². The van der Waals surface area contributed by atoms with Crippen LogP contribution in [-0.4, -0.2) is 57.6 Å². The third-order valence-electron chi connectivity index (χ3n) is 5.08. The molecule has 0 aliphatic carbocycles. The number of nitrogens with zero attached hydrogens (tertiary/aromatic N) is 2. The largest absolute Gasteiger partial charge is 0.497 e. The molecule has 0 radical (unpaired) electrons. The van der Waals surface area contributed by atoms with Gasteiger partial charge in [-0.2, -0.15) is 0 Å². The fourth-order valence-corrected chi connectivity index (χ4v) is 4.11. The number of guanidine groups is 1. The highest BCUT2D eigenvalue weighted by atomic mass is 127. The van der Waals surface area contributed by atoms with E-state index in [2.05, 4.69) is 27.9 Å². The summed E-state index contributed by atoms with van der Waals surface area (Å²) in [5, 5.41) is 9.73. The Bertz CT molecular complexity index is 795. The van der Waals surface area contributed by atoms with Crippen molar-refractivity contribution < 1.29 is 14.2 Å². The van der Waals surface area contributed by atoms with E-state index in [1.807, 2.05) is 24.3 Å². The molecule has 1 aliphatic heterocycles. The Balaban J connectivity index is 0.00000363. The van der Waals surface area contributed by atoms with Crippen LogP contribution >= 0.6 is 35.3 Å². The van der Waals surface area contributed by atoms with Gasteiger partial charge < -0.3 is 24.8 Å². The number of halogens is 1. The van der Waals surface area contributed by atoms with Crippen LogP contribution in [0.15, 0.2) is 34.6 Å². The Labute approximate surface area is 212 Å². The van der Waals surface area contributed by atoms with Crippen molar-refractivity contribution in [3.8, 4) is 16.3 Å². The van der Waals surface area contributed by atoms with Crippen LogP contribution in [0.1, 0.15) is 31.9 Å². The van der Waals surface area contributed by atoms with Crippen molar-refractivity contribution in [1.82, 2.24) is 15.6 Å². The highest BCUT2D eigenvalue weighted by Crippen LogP contribution is 2.25. The van der Waals surface area contributed by atoms with E-state index in [0.717, 1.165) is 86.8 Å².